The van der Waals surface area contributed by atoms with Crippen LogP contribution >= 0.6 is 0 Å². The van der Waals surface area contributed by atoms with Crippen LogP contribution in [0.25, 0.3) is 0 Å². The number of hydrogen-bond donors (Lipinski definition) is 2. The van der Waals surface area contributed by atoms with Gasteiger partial charge in [0.05, 0.1) is 6.54 Å². The van der Waals surface area contributed by atoms with Crippen molar-refractivity contribution in [1.29, 1.82) is 0 Å². The maximum atomic E-state index is 12.1. The monoisotopic (exact) mass is 261 g/mol. The highest BCUT2D eigenvalue weighted by molar-refractivity contribution is 5.93. The smallest absolute Gasteiger partial charge is 0.238 e. The van der Waals surface area contributed by atoms with Gasteiger partial charge in [-0.15, -0.1) is 0 Å². The maximum absolute atomic E-state index is 12.1. The number of nitrogens with zero attached hydrogens (tertiary/aromatic N) is 1. The number of para-hydroxylation sites is 1. The molecule has 1 aromatic rings. The summed E-state index contributed by atoms with van der Waals surface area (Å²) in [4.78, 5) is 14.3. The minimum atomic E-state index is 0.0649. The van der Waals surface area contributed by atoms with Gasteiger partial charge in [0, 0.05) is 12.2 Å². The zero-order valence-corrected chi connectivity index (χ0v) is 11.8. The Bertz CT molecular complexity index is 438. The number of hydrogen-bond acceptors (Lipinski definition) is 3. The number of likely N-dealkylation sites (tertiary alicyclic amines) is 1. The first-order chi connectivity index (χ1) is 9.10. The zero-order chi connectivity index (χ0) is 13.8. The molecule has 1 aromatic carbocycles. The van der Waals surface area contributed by atoms with E-state index in [0.717, 1.165) is 42.9 Å². The molecule has 3 N–H and O–H groups in total. The van der Waals surface area contributed by atoms with E-state index in [0.29, 0.717) is 12.5 Å². The zero-order valence-electron chi connectivity index (χ0n) is 11.8. The first kappa shape index (κ1) is 14.0. The largest absolute Gasteiger partial charge is 0.330 e. The average Bonchev–Trinajstić information content (AvgIpc) is 2.81. The van der Waals surface area contributed by atoms with E-state index in [1.165, 1.54) is 0 Å². The lowest BCUT2D eigenvalue weighted by Gasteiger charge is -2.17. The van der Waals surface area contributed by atoms with Crippen LogP contribution in [0.2, 0.25) is 0 Å². The van der Waals surface area contributed by atoms with E-state index in [4.69, 9.17) is 5.73 Å². The van der Waals surface area contributed by atoms with Crippen LogP contribution in [-0.2, 0) is 4.79 Å². The Hall–Kier alpha value is -1.39. The third-order valence-electron chi connectivity index (χ3n) is 3.82. The van der Waals surface area contributed by atoms with Crippen molar-refractivity contribution < 1.29 is 4.79 Å². The minimum Gasteiger partial charge on any atom is -0.330 e. The molecule has 1 saturated heterocycles. The van der Waals surface area contributed by atoms with Crippen LogP contribution in [0.4, 0.5) is 5.69 Å². The van der Waals surface area contributed by atoms with Crippen molar-refractivity contribution in [3.8, 4) is 0 Å². The maximum Gasteiger partial charge on any atom is 0.238 e. The number of carbonyl (C=O) groups is 1. The Morgan fingerprint density at radius 3 is 2.68 bits per heavy atom. The summed E-state index contributed by atoms with van der Waals surface area (Å²) in [5.74, 6) is 0.614. The third kappa shape index (κ3) is 3.55. The van der Waals surface area contributed by atoms with Crippen molar-refractivity contribution >= 4 is 11.6 Å². The fourth-order valence-corrected chi connectivity index (χ4v) is 2.64. The topological polar surface area (TPSA) is 58.4 Å². The Kier molecular flexibility index (Phi) is 4.56. The van der Waals surface area contributed by atoms with Gasteiger partial charge in [-0.25, -0.2) is 0 Å². The van der Waals surface area contributed by atoms with Gasteiger partial charge >= 0.3 is 0 Å². The molecule has 0 aliphatic carbocycles. The highest BCUT2D eigenvalue weighted by atomic mass is 16.2. The highest BCUT2D eigenvalue weighted by Gasteiger charge is 2.23. The van der Waals surface area contributed by atoms with Crippen LogP contribution in [0.5, 0.6) is 0 Å². The van der Waals surface area contributed by atoms with E-state index in [1.807, 2.05) is 32.0 Å². The molecule has 1 aliphatic heterocycles. The molecule has 4 heteroatoms. The van der Waals surface area contributed by atoms with Crippen LogP contribution in [0.1, 0.15) is 17.5 Å². The average molecular weight is 261 g/mol. The minimum absolute atomic E-state index is 0.0649. The quantitative estimate of drug-likeness (QED) is 0.864. The summed E-state index contributed by atoms with van der Waals surface area (Å²) in [6, 6.07) is 6.04. The van der Waals surface area contributed by atoms with Crippen LogP contribution in [-0.4, -0.2) is 37.0 Å². The van der Waals surface area contributed by atoms with Gasteiger partial charge in [-0.05, 0) is 50.4 Å². The molecule has 0 bridgehead atoms. The molecule has 1 amide bonds. The molecule has 1 fully saturated rings. The molecule has 104 valence electrons. The van der Waals surface area contributed by atoms with Gasteiger partial charge in [-0.2, -0.15) is 0 Å². The van der Waals surface area contributed by atoms with Gasteiger partial charge in [0.15, 0.2) is 0 Å². The van der Waals surface area contributed by atoms with E-state index in [-0.39, 0.29) is 5.91 Å². The number of carbonyl (C=O) groups excluding carboxylic acids is 1. The van der Waals surface area contributed by atoms with E-state index in [1.54, 1.807) is 0 Å². The molecule has 0 saturated carbocycles. The highest BCUT2D eigenvalue weighted by Crippen LogP contribution is 2.20. The molecule has 0 aromatic heterocycles. The van der Waals surface area contributed by atoms with Gasteiger partial charge in [-0.1, -0.05) is 18.2 Å². The van der Waals surface area contributed by atoms with Crippen LogP contribution in [0.3, 0.4) is 0 Å². The summed E-state index contributed by atoms with van der Waals surface area (Å²) in [7, 11) is 0. The molecule has 0 radical (unpaired) electrons. The Morgan fingerprint density at radius 2 is 2.11 bits per heavy atom. The first-order valence-corrected chi connectivity index (χ1v) is 6.88. The predicted octanol–water partition coefficient (Wildman–Crippen LogP) is 1.52. The van der Waals surface area contributed by atoms with Gasteiger partial charge < -0.3 is 11.1 Å². The number of amides is 1. The van der Waals surface area contributed by atoms with Gasteiger partial charge in [0.2, 0.25) is 5.91 Å². The van der Waals surface area contributed by atoms with Crippen molar-refractivity contribution in [3.05, 3.63) is 29.3 Å². The summed E-state index contributed by atoms with van der Waals surface area (Å²) >= 11 is 0. The number of nitrogens with one attached hydrogen (secondary N) is 1. The molecule has 1 heterocycles. The van der Waals surface area contributed by atoms with Crippen LogP contribution < -0.4 is 11.1 Å². The van der Waals surface area contributed by atoms with Crippen molar-refractivity contribution in [2.45, 2.75) is 20.3 Å². The number of benzene rings is 1. The van der Waals surface area contributed by atoms with E-state index in [2.05, 4.69) is 10.2 Å². The van der Waals surface area contributed by atoms with Gasteiger partial charge in [0.1, 0.15) is 0 Å². The summed E-state index contributed by atoms with van der Waals surface area (Å²) in [6.07, 6.45) is 1.10. The Balaban J connectivity index is 1.91. The Morgan fingerprint density at radius 1 is 1.42 bits per heavy atom. The molecule has 1 unspecified atom stereocenters. The predicted molar refractivity (Wildman–Crippen MR) is 78.1 cm³/mol. The van der Waals surface area contributed by atoms with Gasteiger partial charge in [-0.3, -0.25) is 9.69 Å². The number of anilines is 1. The lowest BCUT2D eigenvalue weighted by Crippen LogP contribution is -2.32. The molecule has 19 heavy (non-hydrogen) atoms. The van der Waals surface area contributed by atoms with Gasteiger partial charge in [0.25, 0.3) is 0 Å². The first-order valence-electron chi connectivity index (χ1n) is 6.88. The number of nitrogens with two attached hydrogens (primary N) is 1. The fraction of sp³-hybridized carbons (Fsp3) is 0.533. The summed E-state index contributed by atoms with van der Waals surface area (Å²) in [6.45, 7) is 7.13. The molecule has 4 nitrogen and oxygen atoms in total. The standard InChI is InChI=1S/C15H23N3O/c1-11-4-3-5-12(2)15(11)17-14(19)10-18-7-6-13(8-16)9-18/h3-5,13H,6-10,16H2,1-2H3,(H,17,19). The SMILES string of the molecule is Cc1cccc(C)c1NC(=O)CN1CCC(CN)C1. The van der Waals surface area contributed by atoms with Crippen LogP contribution in [0.15, 0.2) is 18.2 Å². The number of aryl methyl sites for hydroxylation is 2. The molecule has 1 aliphatic rings. The second kappa shape index (κ2) is 6.17. The normalized spacial score (nSPS) is 19.6. The fourth-order valence-electron chi connectivity index (χ4n) is 2.64. The van der Waals surface area contributed by atoms with Crippen molar-refractivity contribution in [2.75, 3.05) is 31.5 Å². The molecular formula is C15H23N3O. The van der Waals surface area contributed by atoms with E-state index in [9.17, 15) is 4.79 Å². The summed E-state index contributed by atoms with van der Waals surface area (Å²) in [5.41, 5.74) is 8.82. The second-order valence-electron chi connectivity index (χ2n) is 5.44. The van der Waals surface area contributed by atoms with Crippen LogP contribution in [0, 0.1) is 19.8 Å². The van der Waals surface area contributed by atoms with E-state index < -0.39 is 0 Å². The molecule has 0 spiro atoms. The molecular weight excluding hydrogens is 238 g/mol. The second-order valence-corrected chi connectivity index (χ2v) is 5.44. The lowest BCUT2D eigenvalue weighted by molar-refractivity contribution is -0.117. The molecule has 1 atom stereocenters. The lowest BCUT2D eigenvalue weighted by atomic mass is 10.1. The summed E-state index contributed by atoms with van der Waals surface area (Å²) in [5, 5.41) is 3.03. The number of rotatable bonds is 4. The third-order valence-corrected chi connectivity index (χ3v) is 3.82. The summed E-state index contributed by atoms with van der Waals surface area (Å²) < 4.78 is 0. The van der Waals surface area contributed by atoms with Crippen molar-refractivity contribution in [3.63, 3.8) is 0 Å². The molecule has 2 rings (SSSR count). The van der Waals surface area contributed by atoms with E-state index >= 15 is 0 Å². The van der Waals surface area contributed by atoms with Crippen molar-refractivity contribution in [1.82, 2.24) is 4.90 Å². The van der Waals surface area contributed by atoms with Crippen molar-refractivity contribution in [2.24, 2.45) is 11.7 Å². The Labute approximate surface area is 115 Å².